The fourth-order valence-electron chi connectivity index (χ4n) is 2.25. The van der Waals surface area contributed by atoms with Crippen molar-refractivity contribution in [1.29, 1.82) is 0 Å². The minimum atomic E-state index is -4.48. The number of hydrogen-bond acceptors (Lipinski definition) is 1. The van der Waals surface area contributed by atoms with Crippen molar-refractivity contribution < 1.29 is 26.3 Å². The zero-order valence-corrected chi connectivity index (χ0v) is 11.8. The van der Waals surface area contributed by atoms with Gasteiger partial charge in [0.15, 0.2) is 0 Å². The predicted molar refractivity (Wildman–Crippen MR) is 74.6 cm³/mol. The summed E-state index contributed by atoms with van der Waals surface area (Å²) in [6.45, 7) is 0.134. The van der Waals surface area contributed by atoms with Crippen molar-refractivity contribution in [2.45, 2.75) is 18.8 Å². The minimum absolute atomic E-state index is 0.134. The molecule has 0 aliphatic carbocycles. The topological polar surface area (TPSA) is 26.0 Å². The Kier molecular flexibility index (Phi) is 4.70. The van der Waals surface area contributed by atoms with Gasteiger partial charge in [0, 0.05) is 0 Å². The molecule has 2 N–H and O–H groups in total. The van der Waals surface area contributed by atoms with Crippen molar-refractivity contribution in [2.24, 2.45) is 5.73 Å². The lowest BCUT2D eigenvalue weighted by molar-refractivity contribution is -0.138. The summed E-state index contributed by atoms with van der Waals surface area (Å²) in [6.07, 6.45) is -8.75. The lowest BCUT2D eigenvalue weighted by Gasteiger charge is -2.14. The highest BCUT2D eigenvalue weighted by atomic mass is 19.4. The molecule has 124 valence electrons. The van der Waals surface area contributed by atoms with Crippen LogP contribution in [0.25, 0.3) is 11.1 Å². The Bertz CT molecular complexity index is 670. The van der Waals surface area contributed by atoms with Gasteiger partial charge in [0.2, 0.25) is 0 Å². The summed E-state index contributed by atoms with van der Waals surface area (Å²) >= 11 is 0. The first-order valence-electron chi connectivity index (χ1n) is 6.71. The number of benzene rings is 2. The number of nitrogens with two attached hydrogens (primary N) is 1. The molecule has 0 aliphatic rings. The van der Waals surface area contributed by atoms with Crippen molar-refractivity contribution in [3.8, 4) is 11.1 Å². The molecule has 0 fully saturated rings. The first kappa shape index (κ1) is 17.3. The van der Waals surface area contributed by atoms with Crippen LogP contribution in [0.3, 0.4) is 0 Å². The summed E-state index contributed by atoms with van der Waals surface area (Å²) in [5, 5.41) is 0. The highest BCUT2D eigenvalue weighted by Crippen LogP contribution is 2.35. The van der Waals surface area contributed by atoms with E-state index in [4.69, 9.17) is 5.73 Å². The zero-order valence-electron chi connectivity index (χ0n) is 11.8. The van der Waals surface area contributed by atoms with Crippen LogP contribution in [-0.4, -0.2) is 6.54 Å². The Balaban J connectivity index is 2.46. The molecule has 0 saturated heterocycles. The second kappa shape index (κ2) is 6.23. The normalized spacial score (nSPS) is 12.5. The van der Waals surface area contributed by atoms with Gasteiger partial charge in [-0.1, -0.05) is 18.2 Å². The van der Waals surface area contributed by atoms with Crippen LogP contribution < -0.4 is 5.73 Å². The molecule has 2 aromatic rings. The largest absolute Gasteiger partial charge is 0.416 e. The number of rotatable bonds is 3. The number of hydrogen-bond donors (Lipinski definition) is 1. The molecule has 0 saturated carbocycles. The van der Waals surface area contributed by atoms with Gasteiger partial charge in [-0.3, -0.25) is 0 Å². The average molecular weight is 333 g/mol. The van der Waals surface area contributed by atoms with E-state index in [1.54, 1.807) is 0 Å². The molecule has 23 heavy (non-hydrogen) atoms. The van der Waals surface area contributed by atoms with Crippen molar-refractivity contribution in [1.82, 2.24) is 0 Å². The Morgan fingerprint density at radius 3 is 1.74 bits per heavy atom. The van der Waals surface area contributed by atoms with Gasteiger partial charge in [-0.25, -0.2) is 0 Å². The monoisotopic (exact) mass is 333 g/mol. The van der Waals surface area contributed by atoms with Crippen LogP contribution in [0.5, 0.6) is 0 Å². The van der Waals surface area contributed by atoms with E-state index in [1.165, 1.54) is 18.2 Å². The van der Waals surface area contributed by atoms with Crippen LogP contribution in [0.4, 0.5) is 26.3 Å². The summed E-state index contributed by atoms with van der Waals surface area (Å²) < 4.78 is 76.0. The second-order valence-corrected chi connectivity index (χ2v) is 4.98. The van der Waals surface area contributed by atoms with E-state index < -0.39 is 23.5 Å². The lowest BCUT2D eigenvalue weighted by Crippen LogP contribution is -2.09. The Labute approximate surface area is 128 Å². The molecule has 7 heteroatoms. The molecule has 1 nitrogen and oxygen atoms in total. The maximum absolute atomic E-state index is 12.8. The molecule has 0 radical (unpaired) electrons. The smallest absolute Gasteiger partial charge is 0.330 e. The molecular formula is C16H13F6N. The van der Waals surface area contributed by atoms with E-state index in [2.05, 4.69) is 0 Å². The summed E-state index contributed by atoms with van der Waals surface area (Å²) in [7, 11) is 0. The maximum atomic E-state index is 12.8. The van der Waals surface area contributed by atoms with E-state index in [-0.39, 0.29) is 13.0 Å². The van der Waals surface area contributed by atoms with Gasteiger partial charge in [-0.2, -0.15) is 26.3 Å². The van der Waals surface area contributed by atoms with E-state index in [9.17, 15) is 26.3 Å². The van der Waals surface area contributed by atoms with Crippen molar-refractivity contribution in [3.05, 3.63) is 59.2 Å². The summed E-state index contributed by atoms with van der Waals surface area (Å²) in [5.74, 6) is 0. The van der Waals surface area contributed by atoms with Crippen molar-refractivity contribution in [2.75, 3.05) is 6.54 Å². The molecule has 0 aliphatic heterocycles. The van der Waals surface area contributed by atoms with Gasteiger partial charge in [0.05, 0.1) is 11.1 Å². The third-order valence-corrected chi connectivity index (χ3v) is 3.37. The summed E-state index contributed by atoms with van der Waals surface area (Å²) in [6, 6.07) is 7.44. The van der Waals surface area contributed by atoms with Crippen LogP contribution in [0.2, 0.25) is 0 Å². The molecule has 0 bridgehead atoms. The number of alkyl halides is 6. The maximum Gasteiger partial charge on any atom is 0.416 e. The first-order chi connectivity index (χ1) is 10.6. The molecule has 0 heterocycles. The van der Waals surface area contributed by atoms with Crippen LogP contribution in [-0.2, 0) is 18.8 Å². The van der Waals surface area contributed by atoms with Gasteiger partial charge in [0.1, 0.15) is 0 Å². The van der Waals surface area contributed by atoms with E-state index >= 15 is 0 Å². The fourth-order valence-corrected chi connectivity index (χ4v) is 2.25. The lowest BCUT2D eigenvalue weighted by atomic mass is 9.94. The highest BCUT2D eigenvalue weighted by Gasteiger charge is 2.31. The van der Waals surface area contributed by atoms with Gasteiger partial charge in [-0.15, -0.1) is 0 Å². The van der Waals surface area contributed by atoms with Crippen LogP contribution in [0.15, 0.2) is 42.5 Å². The first-order valence-corrected chi connectivity index (χ1v) is 6.71. The quantitative estimate of drug-likeness (QED) is 0.795. The highest BCUT2D eigenvalue weighted by molar-refractivity contribution is 5.68. The predicted octanol–water partition coefficient (Wildman–Crippen LogP) is 4.89. The van der Waals surface area contributed by atoms with Crippen LogP contribution in [0.1, 0.15) is 16.7 Å². The Morgan fingerprint density at radius 1 is 0.739 bits per heavy atom. The van der Waals surface area contributed by atoms with Gasteiger partial charge in [0.25, 0.3) is 0 Å². The van der Waals surface area contributed by atoms with Gasteiger partial charge >= 0.3 is 12.4 Å². The fraction of sp³-hybridized carbons (Fsp3) is 0.250. The molecule has 0 atom stereocenters. The third kappa shape index (κ3) is 4.04. The third-order valence-electron chi connectivity index (χ3n) is 3.37. The molecule has 0 amide bonds. The minimum Gasteiger partial charge on any atom is -0.330 e. The molecular weight excluding hydrogens is 320 g/mol. The van der Waals surface area contributed by atoms with Crippen LogP contribution >= 0.6 is 0 Å². The summed E-state index contributed by atoms with van der Waals surface area (Å²) in [4.78, 5) is 0. The van der Waals surface area contributed by atoms with Gasteiger partial charge in [-0.05, 0) is 53.9 Å². The number of halogens is 6. The van der Waals surface area contributed by atoms with Crippen molar-refractivity contribution in [3.63, 3.8) is 0 Å². The second-order valence-electron chi connectivity index (χ2n) is 4.98. The Morgan fingerprint density at radius 2 is 1.26 bits per heavy atom. The zero-order chi connectivity index (χ0) is 17.3. The Hall–Kier alpha value is -2.02. The molecule has 0 spiro atoms. The van der Waals surface area contributed by atoms with E-state index in [1.807, 2.05) is 0 Å². The molecule has 2 rings (SSSR count). The molecule has 0 unspecified atom stereocenters. The molecule has 0 aromatic heterocycles. The van der Waals surface area contributed by atoms with Crippen LogP contribution in [0, 0.1) is 0 Å². The average Bonchev–Trinajstić information content (AvgIpc) is 2.46. The van der Waals surface area contributed by atoms with Gasteiger partial charge < -0.3 is 5.73 Å². The molecule has 2 aromatic carbocycles. The van der Waals surface area contributed by atoms with E-state index in [0.717, 1.165) is 24.3 Å². The van der Waals surface area contributed by atoms with E-state index in [0.29, 0.717) is 16.7 Å². The van der Waals surface area contributed by atoms with Crippen molar-refractivity contribution >= 4 is 0 Å². The summed E-state index contributed by atoms with van der Waals surface area (Å²) in [5.41, 5.74) is 5.00. The SMILES string of the molecule is NCCc1cc(C(F)(F)F)ccc1-c1ccc(C(F)(F)F)cc1. The standard InChI is InChI=1S/C16H13F6N/c17-15(18,19)12-3-1-10(2-4-12)14-6-5-13(16(20,21)22)9-11(14)7-8-23/h1-6,9H,7-8,23H2.